The maximum Gasteiger partial charge on any atom is 0.297 e. The molecule has 0 radical (unpaired) electrons. The van der Waals surface area contributed by atoms with E-state index in [0.717, 1.165) is 51.8 Å². The molecule has 0 bridgehead atoms. The summed E-state index contributed by atoms with van der Waals surface area (Å²) in [4.78, 5) is 19.6. The van der Waals surface area contributed by atoms with Crippen LogP contribution in [0, 0.1) is 6.92 Å². The number of benzene rings is 2. The van der Waals surface area contributed by atoms with Crippen LogP contribution >= 0.6 is 11.3 Å². The van der Waals surface area contributed by atoms with Crippen LogP contribution in [0.4, 0.5) is 5.69 Å². The first kappa shape index (κ1) is 26.1. The number of thiazole rings is 1. The van der Waals surface area contributed by atoms with Gasteiger partial charge in [0.25, 0.3) is 5.56 Å². The van der Waals surface area contributed by atoms with Gasteiger partial charge in [0, 0.05) is 24.0 Å². The molecule has 1 fully saturated rings. The van der Waals surface area contributed by atoms with Gasteiger partial charge >= 0.3 is 0 Å². The van der Waals surface area contributed by atoms with Crippen molar-refractivity contribution in [3.63, 3.8) is 0 Å². The molecule has 4 aromatic rings. The maximum absolute atomic E-state index is 13.7. The molecular weight excluding hydrogens is 496 g/mol. The third-order valence-corrected chi connectivity index (χ3v) is 8.44. The minimum atomic E-state index is -0.116. The summed E-state index contributed by atoms with van der Waals surface area (Å²) in [5.74, 6) is 1.57. The zero-order valence-electron chi connectivity index (χ0n) is 22.6. The summed E-state index contributed by atoms with van der Waals surface area (Å²) >= 11 is 1.58. The highest BCUT2D eigenvalue weighted by Crippen LogP contribution is 2.37. The molecule has 0 N–H and O–H groups in total. The second-order valence-corrected chi connectivity index (χ2v) is 10.7. The highest BCUT2D eigenvalue weighted by Gasteiger charge is 2.23. The number of aromatic nitrogens is 3. The van der Waals surface area contributed by atoms with Gasteiger partial charge in [-0.1, -0.05) is 50.3 Å². The molecule has 0 unspecified atom stereocenters. The SMILES string of the molecule is COc1ccc(OC)c(-c2csc(=Nc3c(C)n(C)n(-c4ccccc4)c3=O)n2C2CCCCCCC2)c1. The fourth-order valence-corrected chi connectivity index (χ4v) is 6.40. The zero-order chi connectivity index (χ0) is 26.6. The van der Waals surface area contributed by atoms with Gasteiger partial charge in [-0.2, -0.15) is 0 Å². The average Bonchev–Trinajstić information content (AvgIpc) is 3.43. The molecule has 1 saturated carbocycles. The molecule has 8 heteroatoms. The van der Waals surface area contributed by atoms with Gasteiger partial charge < -0.3 is 14.0 Å². The number of hydrogen-bond donors (Lipinski definition) is 0. The quantitative estimate of drug-likeness (QED) is 0.283. The Morgan fingerprint density at radius 3 is 2.34 bits per heavy atom. The van der Waals surface area contributed by atoms with Crippen molar-refractivity contribution in [1.29, 1.82) is 0 Å². The summed E-state index contributed by atoms with van der Waals surface area (Å²) in [6.45, 7) is 1.96. The predicted molar refractivity (Wildman–Crippen MR) is 153 cm³/mol. The molecule has 0 aliphatic heterocycles. The van der Waals surface area contributed by atoms with Gasteiger partial charge in [0.05, 0.1) is 31.3 Å². The minimum Gasteiger partial charge on any atom is -0.497 e. The van der Waals surface area contributed by atoms with E-state index in [9.17, 15) is 4.79 Å². The van der Waals surface area contributed by atoms with Gasteiger partial charge in [-0.15, -0.1) is 11.3 Å². The second kappa shape index (κ2) is 11.5. The van der Waals surface area contributed by atoms with Crippen molar-refractivity contribution >= 4 is 17.0 Å². The van der Waals surface area contributed by atoms with Crippen molar-refractivity contribution in [2.24, 2.45) is 12.0 Å². The number of para-hydroxylation sites is 1. The summed E-state index contributed by atoms with van der Waals surface area (Å²) in [7, 11) is 5.29. The molecule has 2 aromatic heterocycles. The van der Waals surface area contributed by atoms with E-state index < -0.39 is 0 Å². The van der Waals surface area contributed by atoms with Crippen molar-refractivity contribution in [3.05, 3.63) is 74.8 Å². The Kier molecular flexibility index (Phi) is 7.88. The summed E-state index contributed by atoms with van der Waals surface area (Å²) in [5, 5.41) is 2.14. The molecule has 38 heavy (non-hydrogen) atoms. The molecule has 5 rings (SSSR count). The smallest absolute Gasteiger partial charge is 0.297 e. The molecular formula is C30H36N4O3S. The van der Waals surface area contributed by atoms with Crippen LogP contribution in [0.2, 0.25) is 0 Å². The first-order chi connectivity index (χ1) is 18.5. The lowest BCUT2D eigenvalue weighted by atomic mass is 9.96. The van der Waals surface area contributed by atoms with Gasteiger partial charge in [0.2, 0.25) is 0 Å². The van der Waals surface area contributed by atoms with Gasteiger partial charge in [-0.25, -0.2) is 9.67 Å². The molecule has 0 amide bonds. The van der Waals surface area contributed by atoms with Gasteiger partial charge in [0.15, 0.2) is 10.5 Å². The number of rotatable bonds is 6. The van der Waals surface area contributed by atoms with E-state index in [0.29, 0.717) is 11.7 Å². The standard InChI is InChI=1S/C30H36N4O3S/c1-21-28(29(35)34(32(21)2)23-15-11-8-12-16-23)31-30-33(22-13-9-6-5-7-10-14-22)26(20-38-30)25-19-24(36-3)17-18-27(25)37-4/h8,11-12,15-20,22H,5-7,9-10,13-14H2,1-4H3. The lowest BCUT2D eigenvalue weighted by molar-refractivity contribution is 0.368. The average molecular weight is 533 g/mol. The number of nitrogens with zero attached hydrogens (tertiary/aromatic N) is 4. The molecule has 0 spiro atoms. The molecule has 200 valence electrons. The van der Waals surface area contributed by atoms with E-state index >= 15 is 0 Å². The monoisotopic (exact) mass is 532 g/mol. The largest absolute Gasteiger partial charge is 0.497 e. The third-order valence-electron chi connectivity index (χ3n) is 7.60. The zero-order valence-corrected chi connectivity index (χ0v) is 23.5. The predicted octanol–water partition coefficient (Wildman–Crippen LogP) is 6.55. The van der Waals surface area contributed by atoms with E-state index in [1.165, 1.54) is 32.1 Å². The molecule has 1 aliphatic carbocycles. The third kappa shape index (κ3) is 4.97. The van der Waals surface area contributed by atoms with Crippen molar-refractivity contribution in [2.75, 3.05) is 14.2 Å². The number of ether oxygens (including phenoxy) is 2. The van der Waals surface area contributed by atoms with Gasteiger partial charge in [0.1, 0.15) is 11.5 Å². The Balaban J connectivity index is 1.73. The molecule has 2 aromatic carbocycles. The normalized spacial score (nSPS) is 15.3. The first-order valence-electron chi connectivity index (χ1n) is 13.3. The lowest BCUT2D eigenvalue weighted by Gasteiger charge is -2.24. The Morgan fingerprint density at radius 2 is 1.66 bits per heavy atom. The van der Waals surface area contributed by atoms with Gasteiger partial charge in [-0.05, 0) is 50.1 Å². The summed E-state index contributed by atoms with van der Waals surface area (Å²) in [5.41, 5.74) is 4.03. The summed E-state index contributed by atoms with van der Waals surface area (Å²) in [6.07, 6.45) is 8.36. The summed E-state index contributed by atoms with van der Waals surface area (Å²) < 4.78 is 17.3. The van der Waals surface area contributed by atoms with Crippen LogP contribution in [0.15, 0.2) is 63.7 Å². The fourth-order valence-electron chi connectivity index (χ4n) is 5.44. The Morgan fingerprint density at radius 1 is 0.947 bits per heavy atom. The van der Waals surface area contributed by atoms with Crippen molar-refractivity contribution in [1.82, 2.24) is 13.9 Å². The van der Waals surface area contributed by atoms with E-state index in [2.05, 4.69) is 9.95 Å². The van der Waals surface area contributed by atoms with Crippen LogP contribution in [-0.2, 0) is 7.05 Å². The minimum absolute atomic E-state index is 0.116. The van der Waals surface area contributed by atoms with Crippen LogP contribution in [-0.4, -0.2) is 28.2 Å². The van der Waals surface area contributed by atoms with Crippen LogP contribution in [0.1, 0.15) is 56.7 Å². The highest BCUT2D eigenvalue weighted by molar-refractivity contribution is 7.07. The topological polar surface area (TPSA) is 62.7 Å². The van der Waals surface area contributed by atoms with E-state index in [1.807, 2.05) is 67.2 Å². The molecule has 7 nitrogen and oxygen atoms in total. The first-order valence-corrected chi connectivity index (χ1v) is 14.2. The highest BCUT2D eigenvalue weighted by atomic mass is 32.1. The molecule has 0 saturated heterocycles. The van der Waals surface area contributed by atoms with Gasteiger partial charge in [-0.3, -0.25) is 9.48 Å². The molecule has 1 aliphatic rings. The Labute approximate surface area is 227 Å². The number of hydrogen-bond acceptors (Lipinski definition) is 5. The lowest BCUT2D eigenvalue weighted by Crippen LogP contribution is -2.24. The van der Waals surface area contributed by atoms with Crippen molar-refractivity contribution in [3.8, 4) is 28.4 Å². The van der Waals surface area contributed by atoms with Crippen LogP contribution in [0.25, 0.3) is 16.9 Å². The maximum atomic E-state index is 13.7. The van der Waals surface area contributed by atoms with E-state index in [-0.39, 0.29) is 5.56 Å². The van der Waals surface area contributed by atoms with E-state index in [1.54, 1.807) is 30.2 Å². The summed E-state index contributed by atoms with van der Waals surface area (Å²) in [6, 6.07) is 15.9. The van der Waals surface area contributed by atoms with Crippen LogP contribution in [0.5, 0.6) is 11.5 Å². The van der Waals surface area contributed by atoms with Crippen LogP contribution < -0.4 is 19.8 Å². The number of methoxy groups -OCH3 is 2. The van der Waals surface area contributed by atoms with Crippen molar-refractivity contribution < 1.29 is 9.47 Å². The van der Waals surface area contributed by atoms with Crippen molar-refractivity contribution in [2.45, 2.75) is 57.9 Å². The molecule has 0 atom stereocenters. The molecule has 2 heterocycles. The fraction of sp³-hybridized carbons (Fsp3) is 0.400. The second-order valence-electron chi connectivity index (χ2n) is 9.86. The Hall–Kier alpha value is -3.52. The van der Waals surface area contributed by atoms with E-state index in [4.69, 9.17) is 14.5 Å². The van der Waals surface area contributed by atoms with Crippen LogP contribution in [0.3, 0.4) is 0 Å². The Bertz CT molecular complexity index is 1520.